The molecule has 5 nitrogen and oxygen atoms in total. The van der Waals surface area contributed by atoms with Crippen molar-refractivity contribution in [2.75, 3.05) is 7.11 Å². The van der Waals surface area contributed by atoms with Gasteiger partial charge < -0.3 is 9.72 Å². The molecule has 0 saturated heterocycles. The number of carbonyl (C=O) groups excluding carboxylic acids is 1. The van der Waals surface area contributed by atoms with Crippen molar-refractivity contribution in [3.63, 3.8) is 0 Å². The molecule has 3 rings (SSSR count). The molecule has 0 saturated carbocycles. The van der Waals surface area contributed by atoms with Crippen molar-refractivity contribution in [2.24, 2.45) is 0 Å². The van der Waals surface area contributed by atoms with Crippen LogP contribution in [0.15, 0.2) is 29.1 Å². The standard InChI is InChI=1S/C17H12Cl2N2O3S/c1-8-12-15(22)20-14(21-16(12)25-13(8)17(23)24-2)11(19)7-9-4-3-5-10(18)6-9/h3-7H,1-2H3,(H,20,21,22)/b11-7-. The number of esters is 1. The highest BCUT2D eigenvalue weighted by molar-refractivity contribution is 7.20. The second kappa shape index (κ2) is 7.00. The monoisotopic (exact) mass is 394 g/mol. The van der Waals surface area contributed by atoms with Crippen molar-refractivity contribution >= 4 is 61.8 Å². The van der Waals surface area contributed by atoms with Gasteiger partial charge in [0.2, 0.25) is 0 Å². The smallest absolute Gasteiger partial charge is 0.348 e. The van der Waals surface area contributed by atoms with E-state index in [1.807, 2.05) is 6.07 Å². The lowest BCUT2D eigenvalue weighted by Gasteiger charge is -2.01. The van der Waals surface area contributed by atoms with Gasteiger partial charge in [0.15, 0.2) is 5.82 Å². The molecular weight excluding hydrogens is 383 g/mol. The predicted molar refractivity (Wildman–Crippen MR) is 101 cm³/mol. The van der Waals surface area contributed by atoms with E-state index in [0.717, 1.165) is 16.9 Å². The van der Waals surface area contributed by atoms with Crippen LogP contribution < -0.4 is 5.56 Å². The number of aryl methyl sites for hydroxylation is 1. The zero-order valence-electron chi connectivity index (χ0n) is 13.2. The maximum atomic E-state index is 12.4. The van der Waals surface area contributed by atoms with Crippen LogP contribution in [0.4, 0.5) is 0 Å². The summed E-state index contributed by atoms with van der Waals surface area (Å²) in [6.07, 6.45) is 1.65. The number of thiophene rings is 1. The number of aromatic amines is 1. The highest BCUT2D eigenvalue weighted by Gasteiger charge is 2.20. The number of aromatic nitrogens is 2. The summed E-state index contributed by atoms with van der Waals surface area (Å²) in [7, 11) is 1.29. The van der Waals surface area contributed by atoms with E-state index in [9.17, 15) is 9.59 Å². The fourth-order valence-electron chi connectivity index (χ4n) is 2.36. The molecule has 0 radical (unpaired) electrons. The Kier molecular flexibility index (Phi) is 4.94. The fourth-order valence-corrected chi connectivity index (χ4v) is 3.87. The maximum absolute atomic E-state index is 12.4. The van der Waals surface area contributed by atoms with Crippen molar-refractivity contribution < 1.29 is 9.53 Å². The summed E-state index contributed by atoms with van der Waals surface area (Å²) in [5.41, 5.74) is 0.960. The average Bonchev–Trinajstić information content (AvgIpc) is 2.91. The number of H-pyrrole nitrogens is 1. The number of benzene rings is 1. The van der Waals surface area contributed by atoms with Crippen LogP contribution in [0.3, 0.4) is 0 Å². The van der Waals surface area contributed by atoms with Gasteiger partial charge in [0.1, 0.15) is 9.71 Å². The molecule has 1 aromatic carbocycles. The predicted octanol–water partition coefficient (Wildman–Crippen LogP) is 4.47. The van der Waals surface area contributed by atoms with Crippen LogP contribution in [-0.2, 0) is 4.74 Å². The average molecular weight is 395 g/mol. The van der Waals surface area contributed by atoms with Crippen LogP contribution in [0.25, 0.3) is 21.3 Å². The SMILES string of the molecule is COC(=O)c1sc2nc(/C(Cl)=C/c3cccc(Cl)c3)[nH]c(=O)c2c1C. The number of fused-ring (bicyclic) bond motifs is 1. The van der Waals surface area contributed by atoms with Gasteiger partial charge in [-0.3, -0.25) is 4.79 Å². The summed E-state index contributed by atoms with van der Waals surface area (Å²) in [4.78, 5) is 32.0. The minimum Gasteiger partial charge on any atom is -0.465 e. The highest BCUT2D eigenvalue weighted by atomic mass is 35.5. The summed E-state index contributed by atoms with van der Waals surface area (Å²) in [6, 6.07) is 7.12. The lowest BCUT2D eigenvalue weighted by molar-refractivity contribution is 0.0605. The van der Waals surface area contributed by atoms with E-state index in [0.29, 0.717) is 25.7 Å². The van der Waals surface area contributed by atoms with Gasteiger partial charge in [-0.05, 0) is 36.3 Å². The molecule has 128 valence electrons. The molecule has 25 heavy (non-hydrogen) atoms. The lowest BCUT2D eigenvalue weighted by atomic mass is 10.2. The van der Waals surface area contributed by atoms with Crippen molar-refractivity contribution in [3.8, 4) is 0 Å². The largest absolute Gasteiger partial charge is 0.465 e. The molecule has 0 aliphatic heterocycles. The highest BCUT2D eigenvalue weighted by Crippen LogP contribution is 2.29. The minimum absolute atomic E-state index is 0.219. The maximum Gasteiger partial charge on any atom is 0.348 e. The molecule has 3 aromatic rings. The molecule has 1 N–H and O–H groups in total. The second-order valence-corrected chi connectivity index (χ2v) is 7.03. The summed E-state index contributed by atoms with van der Waals surface area (Å²) >= 11 is 13.4. The minimum atomic E-state index is -0.498. The van der Waals surface area contributed by atoms with Crippen LogP contribution in [-0.4, -0.2) is 23.0 Å². The molecule has 0 atom stereocenters. The molecule has 0 unspecified atom stereocenters. The summed E-state index contributed by atoms with van der Waals surface area (Å²) in [6.45, 7) is 1.69. The van der Waals surface area contributed by atoms with Crippen molar-refractivity contribution in [2.45, 2.75) is 6.92 Å². The van der Waals surface area contributed by atoms with Crippen LogP contribution in [0.2, 0.25) is 5.02 Å². The quantitative estimate of drug-likeness (QED) is 0.665. The molecule has 0 fully saturated rings. The van der Waals surface area contributed by atoms with E-state index in [1.54, 1.807) is 31.2 Å². The molecule has 0 aliphatic rings. The van der Waals surface area contributed by atoms with Crippen LogP contribution >= 0.6 is 34.5 Å². The Balaban J connectivity index is 2.12. The number of halogens is 2. The molecule has 0 amide bonds. The number of carbonyl (C=O) groups is 1. The Labute approximate surface area is 156 Å². The Morgan fingerprint density at radius 1 is 1.40 bits per heavy atom. The van der Waals surface area contributed by atoms with Crippen LogP contribution in [0.5, 0.6) is 0 Å². The fraction of sp³-hybridized carbons (Fsp3) is 0.118. The Morgan fingerprint density at radius 2 is 2.16 bits per heavy atom. The Hall–Kier alpha value is -2.15. The number of nitrogens with one attached hydrogen (secondary N) is 1. The molecule has 8 heteroatoms. The molecule has 2 heterocycles. The van der Waals surface area contributed by atoms with Crippen molar-refractivity contribution in [1.29, 1.82) is 0 Å². The van der Waals surface area contributed by atoms with Gasteiger partial charge in [-0.15, -0.1) is 11.3 Å². The van der Waals surface area contributed by atoms with E-state index in [4.69, 9.17) is 27.9 Å². The third-order valence-electron chi connectivity index (χ3n) is 3.54. The normalized spacial score (nSPS) is 11.8. The Bertz CT molecular complexity index is 1070. The van der Waals surface area contributed by atoms with Gasteiger partial charge in [0, 0.05) is 5.02 Å². The number of hydrogen-bond acceptors (Lipinski definition) is 5. The number of nitrogens with zero attached hydrogens (tertiary/aromatic N) is 1. The van der Waals surface area contributed by atoms with E-state index < -0.39 is 5.97 Å². The molecular formula is C17H12Cl2N2O3S. The first-order chi connectivity index (χ1) is 11.9. The van der Waals surface area contributed by atoms with Crippen molar-refractivity contribution in [1.82, 2.24) is 9.97 Å². The molecule has 0 bridgehead atoms. The number of ether oxygens (including phenoxy) is 1. The summed E-state index contributed by atoms with van der Waals surface area (Å²) in [5.74, 6) is -0.279. The van der Waals surface area contributed by atoms with E-state index >= 15 is 0 Å². The first kappa shape index (κ1) is 17.7. The lowest BCUT2D eigenvalue weighted by Crippen LogP contribution is -2.10. The van der Waals surface area contributed by atoms with Gasteiger partial charge in [-0.25, -0.2) is 9.78 Å². The van der Waals surface area contributed by atoms with Gasteiger partial charge in [-0.2, -0.15) is 0 Å². The van der Waals surface area contributed by atoms with Gasteiger partial charge in [-0.1, -0.05) is 35.3 Å². The third kappa shape index (κ3) is 3.46. The number of methoxy groups -OCH3 is 1. The summed E-state index contributed by atoms with van der Waals surface area (Å²) in [5, 5.41) is 1.19. The molecule has 0 spiro atoms. The van der Waals surface area contributed by atoms with Gasteiger partial charge in [0.05, 0.1) is 17.5 Å². The topological polar surface area (TPSA) is 72.0 Å². The van der Waals surface area contributed by atoms with Crippen molar-refractivity contribution in [3.05, 3.63) is 61.5 Å². The molecule has 2 aromatic heterocycles. The zero-order valence-corrected chi connectivity index (χ0v) is 15.6. The second-order valence-electron chi connectivity index (χ2n) is 5.19. The van der Waals surface area contributed by atoms with E-state index in [1.165, 1.54) is 7.11 Å². The number of hydrogen-bond donors (Lipinski definition) is 1. The van der Waals surface area contributed by atoms with E-state index in [-0.39, 0.29) is 16.4 Å². The first-order valence-electron chi connectivity index (χ1n) is 7.15. The van der Waals surface area contributed by atoms with Crippen LogP contribution in [0.1, 0.15) is 26.6 Å². The first-order valence-corrected chi connectivity index (χ1v) is 8.73. The molecule has 0 aliphatic carbocycles. The number of rotatable bonds is 3. The zero-order chi connectivity index (χ0) is 18.1. The van der Waals surface area contributed by atoms with Crippen LogP contribution in [0, 0.1) is 6.92 Å². The third-order valence-corrected chi connectivity index (χ3v) is 5.23. The van der Waals surface area contributed by atoms with Gasteiger partial charge in [0.25, 0.3) is 5.56 Å². The van der Waals surface area contributed by atoms with E-state index in [2.05, 4.69) is 9.97 Å². The summed E-state index contributed by atoms with van der Waals surface area (Å²) < 4.78 is 4.74. The Morgan fingerprint density at radius 3 is 2.84 bits per heavy atom. The van der Waals surface area contributed by atoms with Gasteiger partial charge >= 0.3 is 5.97 Å².